The van der Waals surface area contributed by atoms with Gasteiger partial charge in [0, 0.05) is 18.8 Å². The summed E-state index contributed by atoms with van der Waals surface area (Å²) in [6.07, 6.45) is 6.92. The maximum Gasteiger partial charge on any atom is 0.273 e. The smallest absolute Gasteiger partial charge is 0.273 e. The SMILES string of the molecule is O=C(NC1CCCCC1)[C@@H](c1ccccc1)N(Cc1ccc2c(c1)OCO2)C(=O)c1ccccn1. The average molecular weight is 472 g/mol. The van der Waals surface area contributed by atoms with E-state index in [9.17, 15) is 9.59 Å². The fourth-order valence-corrected chi connectivity index (χ4v) is 4.79. The van der Waals surface area contributed by atoms with E-state index in [-0.39, 0.29) is 31.2 Å². The van der Waals surface area contributed by atoms with Gasteiger partial charge in [0.15, 0.2) is 11.5 Å². The number of fused-ring (bicyclic) bond motifs is 1. The summed E-state index contributed by atoms with van der Waals surface area (Å²) >= 11 is 0. The van der Waals surface area contributed by atoms with Crippen LogP contribution in [-0.4, -0.2) is 34.5 Å². The fraction of sp³-hybridized carbons (Fsp3) is 0.321. The molecule has 0 saturated heterocycles. The first-order valence-electron chi connectivity index (χ1n) is 12.1. The van der Waals surface area contributed by atoms with E-state index >= 15 is 0 Å². The minimum atomic E-state index is -0.807. The van der Waals surface area contributed by atoms with E-state index in [2.05, 4.69) is 10.3 Å². The summed E-state index contributed by atoms with van der Waals surface area (Å²) in [5, 5.41) is 3.23. The Bertz CT molecular complexity index is 1160. The van der Waals surface area contributed by atoms with Crippen molar-refractivity contribution in [2.45, 2.75) is 50.7 Å². The third-order valence-corrected chi connectivity index (χ3v) is 6.56. The molecule has 0 spiro atoms. The maximum absolute atomic E-state index is 13.8. The first-order chi connectivity index (χ1) is 17.2. The second-order valence-corrected chi connectivity index (χ2v) is 8.99. The first-order valence-corrected chi connectivity index (χ1v) is 12.1. The van der Waals surface area contributed by atoms with Gasteiger partial charge in [-0.2, -0.15) is 0 Å². The molecule has 0 unspecified atom stereocenters. The lowest BCUT2D eigenvalue weighted by Gasteiger charge is -2.33. The van der Waals surface area contributed by atoms with E-state index in [4.69, 9.17) is 9.47 Å². The summed E-state index contributed by atoms with van der Waals surface area (Å²) in [4.78, 5) is 33.5. The first kappa shape index (κ1) is 22.9. The van der Waals surface area contributed by atoms with Crippen LogP contribution in [0.3, 0.4) is 0 Å². The molecule has 0 radical (unpaired) electrons. The lowest BCUT2D eigenvalue weighted by molar-refractivity contribution is -0.127. The zero-order valence-corrected chi connectivity index (χ0v) is 19.6. The molecule has 1 saturated carbocycles. The highest BCUT2D eigenvalue weighted by Gasteiger charge is 2.34. The molecule has 1 atom stereocenters. The minimum Gasteiger partial charge on any atom is -0.454 e. The van der Waals surface area contributed by atoms with Crippen LogP contribution in [0.1, 0.15) is 59.8 Å². The largest absolute Gasteiger partial charge is 0.454 e. The lowest BCUT2D eigenvalue weighted by Crippen LogP contribution is -2.47. The van der Waals surface area contributed by atoms with Crippen LogP contribution in [0.15, 0.2) is 72.9 Å². The number of ether oxygens (including phenoxy) is 2. The van der Waals surface area contributed by atoms with Gasteiger partial charge in [-0.1, -0.05) is 61.7 Å². The third-order valence-electron chi connectivity index (χ3n) is 6.56. The van der Waals surface area contributed by atoms with Crippen LogP contribution in [0.5, 0.6) is 11.5 Å². The second kappa shape index (κ2) is 10.6. The van der Waals surface area contributed by atoms with Gasteiger partial charge in [-0.25, -0.2) is 0 Å². The van der Waals surface area contributed by atoms with E-state index < -0.39 is 6.04 Å². The summed E-state index contributed by atoms with van der Waals surface area (Å²) in [5.74, 6) is 0.825. The molecule has 1 aromatic heterocycles. The van der Waals surface area contributed by atoms with Crippen molar-refractivity contribution in [1.82, 2.24) is 15.2 Å². The summed E-state index contributed by atoms with van der Waals surface area (Å²) < 4.78 is 11.0. The quantitative estimate of drug-likeness (QED) is 0.543. The number of nitrogens with one attached hydrogen (secondary N) is 1. The predicted octanol–water partition coefficient (Wildman–Crippen LogP) is 4.64. The van der Waals surface area contributed by atoms with Crippen molar-refractivity contribution in [3.8, 4) is 11.5 Å². The molecular formula is C28H29N3O4. The Labute approximate surface area is 205 Å². The van der Waals surface area contributed by atoms with Crippen LogP contribution < -0.4 is 14.8 Å². The van der Waals surface area contributed by atoms with E-state index in [1.165, 1.54) is 6.42 Å². The molecule has 180 valence electrons. The van der Waals surface area contributed by atoms with Gasteiger partial charge in [0.25, 0.3) is 5.91 Å². The van der Waals surface area contributed by atoms with Crippen LogP contribution in [0, 0.1) is 0 Å². The maximum atomic E-state index is 13.8. The molecule has 0 bridgehead atoms. The molecular weight excluding hydrogens is 442 g/mol. The molecule has 7 heteroatoms. The number of aromatic nitrogens is 1. The molecule has 7 nitrogen and oxygen atoms in total. The highest BCUT2D eigenvalue weighted by atomic mass is 16.7. The molecule has 2 amide bonds. The summed E-state index contributed by atoms with van der Waals surface area (Å²) in [5.41, 5.74) is 1.88. The highest BCUT2D eigenvalue weighted by molar-refractivity contribution is 5.96. The van der Waals surface area contributed by atoms with Gasteiger partial charge in [0.1, 0.15) is 11.7 Å². The van der Waals surface area contributed by atoms with Gasteiger partial charge in [-0.15, -0.1) is 0 Å². The standard InChI is InChI=1S/C28H29N3O4/c32-27(30-22-11-5-2-6-12-22)26(21-9-3-1-4-10-21)31(28(33)23-13-7-8-16-29-23)18-20-14-15-24-25(17-20)35-19-34-24/h1,3-4,7-10,13-17,22,26H,2,5-6,11-12,18-19H2,(H,30,32)/t26-/m1/s1. The van der Waals surface area contributed by atoms with Gasteiger partial charge in [0.05, 0.1) is 0 Å². The van der Waals surface area contributed by atoms with Crippen molar-refractivity contribution in [2.75, 3.05) is 6.79 Å². The molecule has 1 aliphatic heterocycles. The van der Waals surface area contributed by atoms with Gasteiger partial charge in [-0.05, 0) is 48.2 Å². The zero-order chi connectivity index (χ0) is 24.0. The number of pyridine rings is 1. The van der Waals surface area contributed by atoms with Gasteiger partial charge in [0.2, 0.25) is 12.7 Å². The summed E-state index contributed by atoms with van der Waals surface area (Å²) in [7, 11) is 0. The average Bonchev–Trinajstić information content (AvgIpc) is 3.38. The van der Waals surface area contributed by atoms with Crippen LogP contribution in [0.2, 0.25) is 0 Å². The Morgan fingerprint density at radius 1 is 0.943 bits per heavy atom. The molecule has 2 heterocycles. The fourth-order valence-electron chi connectivity index (χ4n) is 4.79. The van der Waals surface area contributed by atoms with Crippen LogP contribution in [0.4, 0.5) is 0 Å². The molecule has 1 fully saturated rings. The van der Waals surface area contributed by atoms with Gasteiger partial charge >= 0.3 is 0 Å². The number of hydrogen-bond acceptors (Lipinski definition) is 5. The Balaban J connectivity index is 1.52. The van der Waals surface area contributed by atoms with Gasteiger partial charge < -0.3 is 19.7 Å². The molecule has 35 heavy (non-hydrogen) atoms. The molecule has 1 N–H and O–H groups in total. The molecule has 3 aromatic rings. The van der Waals surface area contributed by atoms with E-state index in [1.54, 1.807) is 29.3 Å². The topological polar surface area (TPSA) is 80.8 Å². The molecule has 1 aliphatic carbocycles. The monoisotopic (exact) mass is 471 g/mol. The van der Waals surface area contributed by atoms with Crippen molar-refractivity contribution >= 4 is 11.8 Å². The van der Waals surface area contributed by atoms with Crippen LogP contribution in [0.25, 0.3) is 0 Å². The number of carbonyl (C=O) groups excluding carboxylic acids is 2. The number of carbonyl (C=O) groups is 2. The Morgan fingerprint density at radius 3 is 2.49 bits per heavy atom. The van der Waals surface area contributed by atoms with E-state index in [0.717, 1.165) is 36.8 Å². The van der Waals surface area contributed by atoms with Crippen molar-refractivity contribution in [3.05, 3.63) is 89.7 Å². The van der Waals surface area contributed by atoms with Crippen molar-refractivity contribution in [2.24, 2.45) is 0 Å². The Morgan fingerprint density at radius 2 is 1.71 bits per heavy atom. The lowest BCUT2D eigenvalue weighted by atomic mass is 9.94. The van der Waals surface area contributed by atoms with Crippen molar-refractivity contribution in [1.29, 1.82) is 0 Å². The molecule has 2 aliphatic rings. The predicted molar refractivity (Wildman–Crippen MR) is 131 cm³/mol. The Kier molecular flexibility index (Phi) is 6.93. The minimum absolute atomic E-state index is 0.125. The van der Waals surface area contributed by atoms with E-state index in [0.29, 0.717) is 17.2 Å². The molecule has 5 rings (SSSR count). The number of nitrogens with zero attached hydrogens (tertiary/aromatic N) is 2. The Hall–Kier alpha value is -3.87. The number of amides is 2. The normalized spacial score (nSPS) is 15.9. The van der Waals surface area contributed by atoms with Gasteiger partial charge in [-0.3, -0.25) is 14.6 Å². The molecule has 2 aromatic carbocycles. The van der Waals surface area contributed by atoms with Crippen LogP contribution >= 0.6 is 0 Å². The number of rotatable bonds is 7. The van der Waals surface area contributed by atoms with Crippen molar-refractivity contribution < 1.29 is 19.1 Å². The number of hydrogen-bond donors (Lipinski definition) is 1. The third kappa shape index (κ3) is 5.29. The summed E-state index contributed by atoms with van der Waals surface area (Å²) in [6.45, 7) is 0.384. The van der Waals surface area contributed by atoms with E-state index in [1.807, 2.05) is 48.5 Å². The highest BCUT2D eigenvalue weighted by Crippen LogP contribution is 2.34. The number of benzene rings is 2. The van der Waals surface area contributed by atoms with Crippen molar-refractivity contribution in [3.63, 3.8) is 0 Å². The van der Waals surface area contributed by atoms with Crippen LogP contribution in [-0.2, 0) is 11.3 Å². The second-order valence-electron chi connectivity index (χ2n) is 8.99. The zero-order valence-electron chi connectivity index (χ0n) is 19.6. The summed E-state index contributed by atoms with van der Waals surface area (Å²) in [6, 6.07) is 19.6.